The maximum absolute atomic E-state index is 12.4. The van der Waals surface area contributed by atoms with Gasteiger partial charge in [0.05, 0.1) is 20.8 Å². The summed E-state index contributed by atoms with van der Waals surface area (Å²) in [6.45, 7) is 2.37. The monoisotopic (exact) mass is 395 g/mol. The molecule has 0 bridgehead atoms. The molecule has 0 spiro atoms. The standard InChI is InChI=1S/C18H25N3O7/c1-11(18(25)26)21(8-7-19-12(2)22)16(23)10-20-17(24)13-5-6-14(27-3)15(9-13)28-4/h5-6,9,11H,7-8,10H2,1-4H3,(H,19,22)(H,20,24)(H,25,26). The van der Waals surface area contributed by atoms with Crippen molar-refractivity contribution in [3.8, 4) is 11.5 Å². The zero-order valence-electron chi connectivity index (χ0n) is 16.3. The average Bonchev–Trinajstić information content (AvgIpc) is 2.67. The van der Waals surface area contributed by atoms with Crippen molar-refractivity contribution in [2.75, 3.05) is 33.9 Å². The summed E-state index contributed by atoms with van der Waals surface area (Å²) >= 11 is 0. The van der Waals surface area contributed by atoms with Crippen molar-refractivity contribution < 1.29 is 33.8 Å². The van der Waals surface area contributed by atoms with E-state index in [0.717, 1.165) is 4.90 Å². The summed E-state index contributed by atoms with van der Waals surface area (Å²) in [5, 5.41) is 14.1. The van der Waals surface area contributed by atoms with Gasteiger partial charge >= 0.3 is 5.97 Å². The highest BCUT2D eigenvalue weighted by atomic mass is 16.5. The summed E-state index contributed by atoms with van der Waals surface area (Å²) in [6.07, 6.45) is 0. The van der Waals surface area contributed by atoms with Gasteiger partial charge in [0.15, 0.2) is 11.5 Å². The number of methoxy groups -OCH3 is 2. The molecular formula is C18H25N3O7. The summed E-state index contributed by atoms with van der Waals surface area (Å²) in [7, 11) is 2.90. The Morgan fingerprint density at radius 1 is 1.11 bits per heavy atom. The third-order valence-corrected chi connectivity index (χ3v) is 3.92. The number of benzene rings is 1. The van der Waals surface area contributed by atoms with E-state index in [0.29, 0.717) is 11.5 Å². The number of carboxylic acid groups (broad SMARTS) is 1. The zero-order chi connectivity index (χ0) is 21.3. The molecule has 28 heavy (non-hydrogen) atoms. The van der Waals surface area contributed by atoms with Gasteiger partial charge in [-0.25, -0.2) is 4.79 Å². The lowest BCUT2D eigenvalue weighted by atomic mass is 10.2. The quantitative estimate of drug-likeness (QED) is 0.502. The topological polar surface area (TPSA) is 134 Å². The minimum absolute atomic E-state index is 0.00188. The van der Waals surface area contributed by atoms with Gasteiger partial charge in [0.2, 0.25) is 11.8 Å². The van der Waals surface area contributed by atoms with E-state index >= 15 is 0 Å². The predicted molar refractivity (Wildman–Crippen MR) is 99.4 cm³/mol. The van der Waals surface area contributed by atoms with E-state index in [1.807, 2.05) is 0 Å². The van der Waals surface area contributed by atoms with Crippen molar-refractivity contribution in [1.82, 2.24) is 15.5 Å². The molecule has 0 aliphatic rings. The molecule has 1 aromatic carbocycles. The average molecular weight is 395 g/mol. The molecule has 3 amide bonds. The molecule has 3 N–H and O–H groups in total. The van der Waals surface area contributed by atoms with Crippen molar-refractivity contribution in [2.45, 2.75) is 19.9 Å². The molecule has 0 aliphatic carbocycles. The molecule has 0 heterocycles. The Morgan fingerprint density at radius 3 is 2.29 bits per heavy atom. The number of ether oxygens (including phenoxy) is 2. The van der Waals surface area contributed by atoms with E-state index in [9.17, 15) is 24.3 Å². The molecule has 1 aromatic rings. The Kier molecular flexibility index (Phi) is 8.73. The van der Waals surface area contributed by atoms with E-state index in [1.54, 1.807) is 6.07 Å². The van der Waals surface area contributed by atoms with E-state index in [-0.39, 0.29) is 24.6 Å². The third-order valence-electron chi connectivity index (χ3n) is 3.92. The number of rotatable bonds is 10. The largest absolute Gasteiger partial charge is 0.493 e. The van der Waals surface area contributed by atoms with Crippen LogP contribution in [-0.4, -0.2) is 73.6 Å². The lowest BCUT2D eigenvalue weighted by Gasteiger charge is -2.26. The number of amides is 3. The van der Waals surface area contributed by atoms with Gasteiger partial charge in [-0.3, -0.25) is 14.4 Å². The second-order valence-corrected chi connectivity index (χ2v) is 5.84. The van der Waals surface area contributed by atoms with Crippen LogP contribution in [0.15, 0.2) is 18.2 Å². The van der Waals surface area contributed by atoms with Crippen LogP contribution in [0.25, 0.3) is 0 Å². The van der Waals surface area contributed by atoms with E-state index in [1.165, 1.54) is 40.2 Å². The van der Waals surface area contributed by atoms with Crippen LogP contribution in [0.1, 0.15) is 24.2 Å². The molecule has 1 atom stereocenters. The van der Waals surface area contributed by atoms with Gasteiger partial charge < -0.3 is 30.1 Å². The fourth-order valence-electron chi connectivity index (χ4n) is 2.36. The molecule has 10 heteroatoms. The minimum atomic E-state index is -1.19. The minimum Gasteiger partial charge on any atom is -0.493 e. The van der Waals surface area contributed by atoms with E-state index in [2.05, 4.69) is 10.6 Å². The van der Waals surface area contributed by atoms with Crippen LogP contribution in [0.2, 0.25) is 0 Å². The van der Waals surface area contributed by atoms with Gasteiger partial charge in [-0.15, -0.1) is 0 Å². The lowest BCUT2D eigenvalue weighted by molar-refractivity contribution is -0.149. The normalized spacial score (nSPS) is 11.1. The predicted octanol–water partition coefficient (Wildman–Crippen LogP) is -0.129. The second-order valence-electron chi connectivity index (χ2n) is 5.84. The number of carbonyl (C=O) groups is 4. The van der Waals surface area contributed by atoms with Crippen molar-refractivity contribution in [3.63, 3.8) is 0 Å². The Labute approximate surface area is 162 Å². The van der Waals surface area contributed by atoms with Crippen LogP contribution >= 0.6 is 0 Å². The summed E-state index contributed by atoms with van der Waals surface area (Å²) < 4.78 is 10.2. The Hall–Kier alpha value is -3.30. The summed E-state index contributed by atoms with van der Waals surface area (Å²) in [5.41, 5.74) is 0.251. The lowest BCUT2D eigenvalue weighted by Crippen LogP contribution is -2.50. The van der Waals surface area contributed by atoms with Crippen LogP contribution < -0.4 is 20.1 Å². The highest BCUT2D eigenvalue weighted by molar-refractivity contribution is 5.97. The van der Waals surface area contributed by atoms with Crippen LogP contribution in [-0.2, 0) is 14.4 Å². The summed E-state index contributed by atoms with van der Waals surface area (Å²) in [5.74, 6) is -1.79. The van der Waals surface area contributed by atoms with Crippen molar-refractivity contribution >= 4 is 23.7 Å². The van der Waals surface area contributed by atoms with Crippen LogP contribution in [0.4, 0.5) is 0 Å². The first kappa shape index (κ1) is 22.7. The maximum atomic E-state index is 12.4. The fraction of sp³-hybridized carbons (Fsp3) is 0.444. The van der Waals surface area contributed by atoms with Crippen LogP contribution in [0, 0.1) is 0 Å². The SMILES string of the molecule is COc1ccc(C(=O)NCC(=O)N(CCNC(C)=O)C(C)C(=O)O)cc1OC. The smallest absolute Gasteiger partial charge is 0.326 e. The highest BCUT2D eigenvalue weighted by Crippen LogP contribution is 2.27. The molecule has 1 rings (SSSR count). The third kappa shape index (κ3) is 6.45. The van der Waals surface area contributed by atoms with Gasteiger partial charge in [0.1, 0.15) is 6.04 Å². The molecule has 1 unspecified atom stereocenters. The van der Waals surface area contributed by atoms with E-state index < -0.39 is 30.4 Å². The van der Waals surface area contributed by atoms with Crippen LogP contribution in [0.3, 0.4) is 0 Å². The first-order valence-electron chi connectivity index (χ1n) is 8.48. The van der Waals surface area contributed by atoms with Gasteiger partial charge in [-0.05, 0) is 25.1 Å². The second kappa shape index (κ2) is 10.8. The van der Waals surface area contributed by atoms with Crippen molar-refractivity contribution in [1.29, 1.82) is 0 Å². The molecule has 0 saturated carbocycles. The zero-order valence-corrected chi connectivity index (χ0v) is 16.3. The van der Waals surface area contributed by atoms with Gasteiger partial charge in [0.25, 0.3) is 5.91 Å². The number of nitrogens with one attached hydrogen (secondary N) is 2. The number of aliphatic carboxylic acids is 1. The molecule has 0 aromatic heterocycles. The van der Waals surface area contributed by atoms with E-state index in [4.69, 9.17) is 9.47 Å². The molecule has 10 nitrogen and oxygen atoms in total. The number of carboxylic acids is 1. The molecule has 0 fully saturated rings. The number of carbonyl (C=O) groups excluding carboxylic acids is 3. The Balaban J connectivity index is 2.78. The molecule has 0 aliphatic heterocycles. The molecule has 0 saturated heterocycles. The first-order chi connectivity index (χ1) is 13.2. The van der Waals surface area contributed by atoms with Gasteiger partial charge in [-0.2, -0.15) is 0 Å². The molecule has 0 radical (unpaired) electrons. The number of hydrogen-bond donors (Lipinski definition) is 3. The van der Waals surface area contributed by atoms with Gasteiger partial charge in [-0.1, -0.05) is 0 Å². The Morgan fingerprint density at radius 2 is 1.75 bits per heavy atom. The fourth-order valence-corrected chi connectivity index (χ4v) is 2.36. The first-order valence-corrected chi connectivity index (χ1v) is 8.48. The number of hydrogen-bond acceptors (Lipinski definition) is 6. The highest BCUT2D eigenvalue weighted by Gasteiger charge is 2.25. The van der Waals surface area contributed by atoms with Gasteiger partial charge in [0, 0.05) is 25.6 Å². The van der Waals surface area contributed by atoms with Crippen LogP contribution in [0.5, 0.6) is 11.5 Å². The summed E-state index contributed by atoms with van der Waals surface area (Å²) in [4.78, 5) is 48.0. The maximum Gasteiger partial charge on any atom is 0.326 e. The molecular weight excluding hydrogens is 370 g/mol. The van der Waals surface area contributed by atoms with Crippen molar-refractivity contribution in [2.24, 2.45) is 0 Å². The summed E-state index contributed by atoms with van der Waals surface area (Å²) in [6, 6.07) is 3.42. The molecule has 154 valence electrons. The number of nitrogens with zero attached hydrogens (tertiary/aromatic N) is 1. The van der Waals surface area contributed by atoms with Crippen molar-refractivity contribution in [3.05, 3.63) is 23.8 Å². The Bertz CT molecular complexity index is 736.